The molecule has 1 saturated heterocycles. The van der Waals surface area contributed by atoms with E-state index < -0.39 is 17.5 Å². The van der Waals surface area contributed by atoms with E-state index in [1.807, 2.05) is 17.5 Å². The van der Waals surface area contributed by atoms with Crippen LogP contribution in [0.1, 0.15) is 16.7 Å². The maximum Gasteiger partial charge on any atom is 0.325 e. The zero-order valence-corrected chi connectivity index (χ0v) is 16.0. The summed E-state index contributed by atoms with van der Waals surface area (Å²) in [5, 5.41) is 4.53. The fourth-order valence-electron chi connectivity index (χ4n) is 2.59. The van der Waals surface area contributed by atoms with Crippen molar-refractivity contribution in [1.82, 2.24) is 15.1 Å². The molecule has 0 saturated carbocycles. The highest BCUT2D eigenvalue weighted by molar-refractivity contribution is 7.16. The second-order valence-corrected chi connectivity index (χ2v) is 8.63. The first-order chi connectivity index (χ1) is 11.8. The van der Waals surface area contributed by atoms with Crippen molar-refractivity contribution in [3.63, 3.8) is 0 Å². The number of urea groups is 1. The number of hydrogen-bond acceptors (Lipinski definition) is 5. The van der Waals surface area contributed by atoms with Crippen molar-refractivity contribution < 1.29 is 14.4 Å². The molecule has 0 aliphatic carbocycles. The molecular weight excluding hydrogens is 382 g/mol. The van der Waals surface area contributed by atoms with Crippen molar-refractivity contribution in [2.75, 3.05) is 13.6 Å². The molecule has 132 valence electrons. The van der Waals surface area contributed by atoms with Crippen LogP contribution in [0.5, 0.6) is 0 Å². The molecule has 1 aliphatic rings. The van der Waals surface area contributed by atoms with Gasteiger partial charge in [0.05, 0.1) is 10.9 Å². The minimum Gasteiger partial charge on any atom is -0.339 e. The summed E-state index contributed by atoms with van der Waals surface area (Å²) in [7, 11) is 1.63. The van der Waals surface area contributed by atoms with Crippen molar-refractivity contribution in [3.8, 4) is 0 Å². The van der Waals surface area contributed by atoms with Gasteiger partial charge in [0, 0.05) is 16.8 Å². The van der Waals surface area contributed by atoms with Gasteiger partial charge in [0.2, 0.25) is 5.91 Å². The molecule has 2 aromatic rings. The Bertz CT molecular complexity index is 820. The van der Waals surface area contributed by atoms with Gasteiger partial charge in [-0.1, -0.05) is 17.7 Å². The molecule has 1 fully saturated rings. The van der Waals surface area contributed by atoms with Crippen LogP contribution in [0.3, 0.4) is 0 Å². The normalized spacial score (nSPS) is 20.0. The van der Waals surface area contributed by atoms with Gasteiger partial charge in [0.25, 0.3) is 5.91 Å². The van der Waals surface area contributed by atoms with Crippen molar-refractivity contribution in [3.05, 3.63) is 43.7 Å². The van der Waals surface area contributed by atoms with Crippen molar-refractivity contribution in [2.24, 2.45) is 0 Å². The molecule has 9 heteroatoms. The van der Waals surface area contributed by atoms with Gasteiger partial charge in [-0.25, -0.2) is 4.79 Å². The lowest BCUT2D eigenvalue weighted by Gasteiger charge is -2.21. The summed E-state index contributed by atoms with van der Waals surface area (Å²) in [6.07, 6.45) is 0. The van der Waals surface area contributed by atoms with E-state index in [9.17, 15) is 14.4 Å². The molecule has 1 unspecified atom stereocenters. The van der Waals surface area contributed by atoms with Gasteiger partial charge in [-0.2, -0.15) is 0 Å². The van der Waals surface area contributed by atoms with E-state index in [1.165, 1.54) is 27.6 Å². The van der Waals surface area contributed by atoms with Crippen LogP contribution in [0.2, 0.25) is 4.34 Å². The van der Waals surface area contributed by atoms with E-state index in [0.717, 1.165) is 14.7 Å². The predicted octanol–water partition coefficient (Wildman–Crippen LogP) is 2.89. The highest BCUT2D eigenvalue weighted by atomic mass is 35.5. The maximum atomic E-state index is 12.7. The number of carbonyl (C=O) groups excluding carboxylic acids is 3. The molecule has 0 bridgehead atoms. The molecule has 1 aliphatic heterocycles. The summed E-state index contributed by atoms with van der Waals surface area (Å²) < 4.78 is 0.650. The summed E-state index contributed by atoms with van der Waals surface area (Å²) in [4.78, 5) is 41.5. The monoisotopic (exact) mass is 397 g/mol. The van der Waals surface area contributed by atoms with Crippen LogP contribution in [0, 0.1) is 0 Å². The summed E-state index contributed by atoms with van der Waals surface area (Å²) in [6.45, 7) is 1.74. The third kappa shape index (κ3) is 3.42. The van der Waals surface area contributed by atoms with Gasteiger partial charge < -0.3 is 10.2 Å². The topological polar surface area (TPSA) is 69.7 Å². The highest BCUT2D eigenvalue weighted by Gasteiger charge is 2.50. The quantitative estimate of drug-likeness (QED) is 0.788. The van der Waals surface area contributed by atoms with Crippen LogP contribution in [0.4, 0.5) is 4.79 Å². The van der Waals surface area contributed by atoms with E-state index in [-0.39, 0.29) is 12.5 Å². The standard InChI is InChI=1S/C16H16ClN3O3S2/c1-16(11-4-3-7-24-11)14(22)20(15(23)18-16)9-13(21)19(2)8-10-5-6-12(17)25-10/h3-7H,8-9H2,1-2H3,(H,18,23). The van der Waals surface area contributed by atoms with Gasteiger partial charge in [-0.3, -0.25) is 14.5 Å². The lowest BCUT2D eigenvalue weighted by atomic mass is 10.0. The van der Waals surface area contributed by atoms with E-state index in [0.29, 0.717) is 10.9 Å². The largest absolute Gasteiger partial charge is 0.339 e. The van der Waals surface area contributed by atoms with E-state index in [4.69, 9.17) is 11.6 Å². The summed E-state index contributed by atoms with van der Waals surface area (Å²) >= 11 is 8.67. The Morgan fingerprint density at radius 1 is 1.36 bits per heavy atom. The molecule has 4 amide bonds. The van der Waals surface area contributed by atoms with Crippen LogP contribution in [-0.2, 0) is 21.7 Å². The first kappa shape index (κ1) is 17.9. The van der Waals surface area contributed by atoms with E-state index in [2.05, 4.69) is 5.32 Å². The predicted molar refractivity (Wildman–Crippen MR) is 97.7 cm³/mol. The minimum atomic E-state index is -1.12. The summed E-state index contributed by atoms with van der Waals surface area (Å²) in [5.74, 6) is -0.732. The first-order valence-electron chi connectivity index (χ1n) is 7.47. The maximum absolute atomic E-state index is 12.7. The van der Waals surface area contributed by atoms with Gasteiger partial charge >= 0.3 is 6.03 Å². The van der Waals surface area contributed by atoms with E-state index >= 15 is 0 Å². The number of thiophene rings is 2. The summed E-state index contributed by atoms with van der Waals surface area (Å²) in [6, 6.07) is 6.67. The van der Waals surface area contributed by atoms with Crippen molar-refractivity contribution in [1.29, 1.82) is 0 Å². The lowest BCUT2D eigenvalue weighted by molar-refractivity contribution is -0.138. The highest BCUT2D eigenvalue weighted by Crippen LogP contribution is 2.31. The number of rotatable bonds is 5. The molecule has 3 rings (SSSR count). The Hall–Kier alpha value is -1.90. The molecule has 1 atom stereocenters. The number of likely N-dealkylation sites (N-methyl/N-ethyl adjacent to an activating group) is 1. The molecule has 2 aromatic heterocycles. The molecule has 25 heavy (non-hydrogen) atoms. The average Bonchev–Trinajstić information content (AvgIpc) is 3.26. The lowest BCUT2D eigenvalue weighted by Crippen LogP contribution is -2.43. The van der Waals surface area contributed by atoms with Crippen LogP contribution in [0.15, 0.2) is 29.6 Å². The molecule has 0 radical (unpaired) electrons. The third-order valence-corrected chi connectivity index (χ3v) is 6.34. The van der Waals surface area contributed by atoms with Crippen LogP contribution < -0.4 is 5.32 Å². The third-order valence-electron chi connectivity index (χ3n) is 4.03. The van der Waals surface area contributed by atoms with Crippen LogP contribution in [0.25, 0.3) is 0 Å². The number of halogens is 1. The fourth-order valence-corrected chi connectivity index (χ4v) is 4.56. The van der Waals surface area contributed by atoms with Gasteiger partial charge in [0.15, 0.2) is 5.54 Å². The molecule has 1 N–H and O–H groups in total. The number of nitrogens with one attached hydrogen (secondary N) is 1. The second kappa shape index (κ2) is 6.78. The fraction of sp³-hybridized carbons (Fsp3) is 0.312. The van der Waals surface area contributed by atoms with Crippen molar-refractivity contribution >= 4 is 52.1 Å². The van der Waals surface area contributed by atoms with Crippen LogP contribution in [-0.4, -0.2) is 41.2 Å². The average molecular weight is 398 g/mol. The minimum absolute atomic E-state index is 0.290. The Morgan fingerprint density at radius 3 is 2.72 bits per heavy atom. The molecular formula is C16H16ClN3O3S2. The number of amides is 4. The van der Waals surface area contributed by atoms with Crippen LogP contribution >= 0.6 is 34.3 Å². The number of hydrogen-bond donors (Lipinski definition) is 1. The molecule has 0 spiro atoms. The molecule has 3 heterocycles. The van der Waals surface area contributed by atoms with E-state index in [1.54, 1.807) is 26.1 Å². The Morgan fingerprint density at radius 2 is 2.12 bits per heavy atom. The number of imide groups is 1. The zero-order valence-electron chi connectivity index (χ0n) is 13.6. The van der Waals surface area contributed by atoms with Crippen molar-refractivity contribution in [2.45, 2.75) is 19.0 Å². The summed E-state index contributed by atoms with van der Waals surface area (Å²) in [5.41, 5.74) is -1.12. The Labute approximate surface area is 158 Å². The number of carbonyl (C=O) groups is 3. The SMILES string of the molecule is CN(Cc1ccc(Cl)s1)C(=O)CN1C(=O)NC(C)(c2cccs2)C1=O. The van der Waals surface area contributed by atoms with Gasteiger partial charge in [-0.05, 0) is 30.5 Å². The van der Waals surface area contributed by atoms with Gasteiger partial charge in [0.1, 0.15) is 6.54 Å². The smallest absolute Gasteiger partial charge is 0.325 e. The zero-order chi connectivity index (χ0) is 18.2. The number of nitrogens with zero attached hydrogens (tertiary/aromatic N) is 2. The second-order valence-electron chi connectivity index (χ2n) is 5.88. The molecule has 6 nitrogen and oxygen atoms in total. The first-order valence-corrected chi connectivity index (χ1v) is 9.55. The molecule has 0 aromatic carbocycles. The Balaban J connectivity index is 1.68. The Kier molecular flexibility index (Phi) is 4.86. The van der Waals surface area contributed by atoms with Gasteiger partial charge in [-0.15, -0.1) is 22.7 Å².